The summed E-state index contributed by atoms with van der Waals surface area (Å²) in [6.07, 6.45) is 3.90. The van der Waals surface area contributed by atoms with Gasteiger partial charge < -0.3 is 10.2 Å². The van der Waals surface area contributed by atoms with Crippen LogP contribution in [0.4, 0.5) is 5.69 Å². The van der Waals surface area contributed by atoms with Gasteiger partial charge in [-0.05, 0) is 81.1 Å². The van der Waals surface area contributed by atoms with E-state index in [1.165, 1.54) is 17.0 Å². The molecule has 1 aliphatic carbocycles. The molecular weight excluding hydrogens is 581 g/mol. The summed E-state index contributed by atoms with van der Waals surface area (Å²) in [6, 6.07) is 17.6. The van der Waals surface area contributed by atoms with E-state index in [0.29, 0.717) is 26.9 Å². The molecule has 0 aromatic heterocycles. The highest BCUT2D eigenvalue weighted by Gasteiger charge is 2.34. The molecular formula is C31H35Cl2N3O4S. The van der Waals surface area contributed by atoms with Crippen molar-refractivity contribution >= 4 is 50.7 Å². The predicted octanol–water partition coefficient (Wildman–Crippen LogP) is 6.28. The molecule has 0 aliphatic heterocycles. The van der Waals surface area contributed by atoms with E-state index >= 15 is 0 Å². The van der Waals surface area contributed by atoms with Crippen LogP contribution in [-0.4, -0.2) is 43.8 Å². The predicted molar refractivity (Wildman–Crippen MR) is 164 cm³/mol. The Balaban J connectivity index is 1.72. The van der Waals surface area contributed by atoms with Gasteiger partial charge in [0.2, 0.25) is 11.8 Å². The first-order chi connectivity index (χ1) is 19.5. The van der Waals surface area contributed by atoms with Crippen molar-refractivity contribution in [2.45, 2.75) is 70.0 Å². The standard InChI is InChI=1S/C31H35Cl2N3O4S/c1-21-12-15-27(16-13-21)41(39,40)36(29-17-14-25(32)18-22(29)2)20-30(37)35(19-24-8-4-7-11-28(24)33)23(3)31(38)34-26-9-5-6-10-26/h4,7-8,11-18,23,26H,5-6,9-10,19-20H2,1-3H3,(H,34,38)/t23-/m1/s1. The van der Waals surface area contributed by atoms with Gasteiger partial charge in [-0.1, -0.05) is 71.9 Å². The van der Waals surface area contributed by atoms with Gasteiger partial charge in [0, 0.05) is 22.6 Å². The second-order valence-electron chi connectivity index (χ2n) is 10.5. The molecule has 0 radical (unpaired) electrons. The van der Waals surface area contributed by atoms with Gasteiger partial charge in [-0.3, -0.25) is 13.9 Å². The van der Waals surface area contributed by atoms with Crippen molar-refractivity contribution in [1.29, 1.82) is 0 Å². The van der Waals surface area contributed by atoms with Gasteiger partial charge in [0.25, 0.3) is 10.0 Å². The average molecular weight is 617 g/mol. The van der Waals surface area contributed by atoms with Crippen LogP contribution in [-0.2, 0) is 26.2 Å². The van der Waals surface area contributed by atoms with E-state index in [4.69, 9.17) is 23.2 Å². The molecule has 0 saturated heterocycles. The fourth-order valence-electron chi connectivity index (χ4n) is 5.03. The molecule has 0 bridgehead atoms. The number of halogens is 2. The number of rotatable bonds is 10. The van der Waals surface area contributed by atoms with Crippen LogP contribution in [0.2, 0.25) is 10.0 Å². The minimum Gasteiger partial charge on any atom is -0.352 e. The zero-order chi connectivity index (χ0) is 29.7. The van der Waals surface area contributed by atoms with Crippen molar-refractivity contribution in [2.75, 3.05) is 10.8 Å². The van der Waals surface area contributed by atoms with Crippen molar-refractivity contribution < 1.29 is 18.0 Å². The number of amides is 2. The average Bonchev–Trinajstić information content (AvgIpc) is 3.44. The Kier molecular flexibility index (Phi) is 10.00. The Morgan fingerprint density at radius 3 is 2.27 bits per heavy atom. The van der Waals surface area contributed by atoms with Crippen LogP contribution < -0.4 is 9.62 Å². The maximum absolute atomic E-state index is 14.1. The fraction of sp³-hybridized carbons (Fsp3) is 0.355. The van der Waals surface area contributed by atoms with Crippen LogP contribution in [0, 0.1) is 13.8 Å². The summed E-state index contributed by atoms with van der Waals surface area (Å²) in [5.74, 6) is -0.822. The van der Waals surface area contributed by atoms with Crippen LogP contribution in [0.5, 0.6) is 0 Å². The summed E-state index contributed by atoms with van der Waals surface area (Å²) in [5, 5.41) is 3.96. The number of carbonyl (C=O) groups is 2. The van der Waals surface area contributed by atoms with E-state index in [1.807, 2.05) is 6.92 Å². The topological polar surface area (TPSA) is 86.8 Å². The molecule has 1 N–H and O–H groups in total. The van der Waals surface area contributed by atoms with Crippen molar-refractivity contribution in [3.8, 4) is 0 Å². The van der Waals surface area contributed by atoms with Crippen molar-refractivity contribution in [2.24, 2.45) is 0 Å². The lowest BCUT2D eigenvalue weighted by atomic mass is 10.1. The van der Waals surface area contributed by atoms with Crippen LogP contribution in [0.15, 0.2) is 71.6 Å². The monoisotopic (exact) mass is 615 g/mol. The number of benzene rings is 3. The van der Waals surface area contributed by atoms with Gasteiger partial charge in [0.1, 0.15) is 12.6 Å². The maximum atomic E-state index is 14.1. The molecule has 3 aromatic rings. The first-order valence-electron chi connectivity index (χ1n) is 13.7. The summed E-state index contributed by atoms with van der Waals surface area (Å²) in [6.45, 7) is 4.78. The summed E-state index contributed by atoms with van der Waals surface area (Å²) in [4.78, 5) is 28.9. The van der Waals surface area contributed by atoms with Crippen LogP contribution in [0.1, 0.15) is 49.3 Å². The zero-order valence-corrected chi connectivity index (χ0v) is 25.8. The SMILES string of the molecule is Cc1ccc(S(=O)(=O)N(CC(=O)N(Cc2ccccc2Cl)[C@H](C)C(=O)NC2CCCC2)c2ccc(Cl)cc2C)cc1. The van der Waals surface area contributed by atoms with E-state index in [-0.39, 0.29) is 23.4 Å². The summed E-state index contributed by atoms with van der Waals surface area (Å²) in [5.41, 5.74) is 2.47. The van der Waals surface area contributed by atoms with Crippen LogP contribution in [0.3, 0.4) is 0 Å². The van der Waals surface area contributed by atoms with Gasteiger partial charge in [-0.15, -0.1) is 0 Å². The van der Waals surface area contributed by atoms with Gasteiger partial charge in [0.15, 0.2) is 0 Å². The third kappa shape index (κ3) is 7.42. The molecule has 3 aromatic carbocycles. The molecule has 0 spiro atoms. The lowest BCUT2D eigenvalue weighted by Gasteiger charge is -2.33. The maximum Gasteiger partial charge on any atom is 0.264 e. The van der Waals surface area contributed by atoms with Gasteiger partial charge in [-0.2, -0.15) is 0 Å². The molecule has 2 amide bonds. The van der Waals surface area contributed by atoms with Gasteiger partial charge in [-0.25, -0.2) is 8.42 Å². The molecule has 0 unspecified atom stereocenters. The number of hydrogen-bond acceptors (Lipinski definition) is 4. The number of carbonyl (C=O) groups excluding carboxylic acids is 2. The third-order valence-corrected chi connectivity index (χ3v) is 9.86. The summed E-state index contributed by atoms with van der Waals surface area (Å²) >= 11 is 12.6. The molecule has 7 nitrogen and oxygen atoms in total. The van der Waals surface area contributed by atoms with E-state index in [9.17, 15) is 18.0 Å². The van der Waals surface area contributed by atoms with E-state index in [2.05, 4.69) is 5.32 Å². The summed E-state index contributed by atoms with van der Waals surface area (Å²) < 4.78 is 29.1. The molecule has 0 heterocycles. The second kappa shape index (κ2) is 13.3. The molecule has 1 fully saturated rings. The minimum atomic E-state index is -4.16. The van der Waals surface area contributed by atoms with Gasteiger partial charge in [0.05, 0.1) is 10.6 Å². The molecule has 10 heteroatoms. The lowest BCUT2D eigenvalue weighted by Crippen LogP contribution is -2.52. The fourth-order valence-corrected chi connectivity index (χ4v) is 6.94. The number of aryl methyl sites for hydroxylation is 2. The van der Waals surface area contributed by atoms with Crippen LogP contribution in [0.25, 0.3) is 0 Å². The highest BCUT2D eigenvalue weighted by atomic mass is 35.5. The lowest BCUT2D eigenvalue weighted by molar-refractivity contribution is -0.139. The largest absolute Gasteiger partial charge is 0.352 e. The van der Waals surface area contributed by atoms with Crippen molar-refractivity contribution in [3.63, 3.8) is 0 Å². The van der Waals surface area contributed by atoms with E-state index in [0.717, 1.165) is 35.6 Å². The number of nitrogens with one attached hydrogen (secondary N) is 1. The zero-order valence-electron chi connectivity index (χ0n) is 23.4. The number of nitrogens with zero attached hydrogens (tertiary/aromatic N) is 2. The number of anilines is 1. The molecule has 1 atom stereocenters. The Morgan fingerprint density at radius 2 is 1.63 bits per heavy atom. The number of sulfonamides is 1. The van der Waals surface area contributed by atoms with Crippen molar-refractivity contribution in [1.82, 2.24) is 10.2 Å². The molecule has 4 rings (SSSR count). The second-order valence-corrected chi connectivity index (χ2v) is 13.2. The van der Waals surface area contributed by atoms with E-state index in [1.54, 1.807) is 68.4 Å². The quantitative estimate of drug-likeness (QED) is 0.291. The first-order valence-corrected chi connectivity index (χ1v) is 15.9. The minimum absolute atomic E-state index is 0.0375. The van der Waals surface area contributed by atoms with E-state index < -0.39 is 28.5 Å². The molecule has 41 heavy (non-hydrogen) atoms. The van der Waals surface area contributed by atoms with Crippen molar-refractivity contribution in [3.05, 3.63) is 93.5 Å². The normalized spacial score (nSPS) is 14.5. The molecule has 1 saturated carbocycles. The summed E-state index contributed by atoms with van der Waals surface area (Å²) in [7, 11) is -4.16. The first kappa shape index (κ1) is 30.9. The molecule has 1 aliphatic rings. The Bertz CT molecular complexity index is 1510. The highest BCUT2D eigenvalue weighted by molar-refractivity contribution is 7.92. The Morgan fingerprint density at radius 1 is 0.976 bits per heavy atom. The Labute approximate surface area is 252 Å². The smallest absolute Gasteiger partial charge is 0.264 e. The Hall–Kier alpha value is -3.07. The molecule has 218 valence electrons. The third-order valence-electron chi connectivity index (χ3n) is 7.48. The van der Waals surface area contributed by atoms with Gasteiger partial charge >= 0.3 is 0 Å². The van der Waals surface area contributed by atoms with Crippen LogP contribution >= 0.6 is 23.2 Å². The number of hydrogen-bond donors (Lipinski definition) is 1. The highest BCUT2D eigenvalue weighted by Crippen LogP contribution is 2.30.